The van der Waals surface area contributed by atoms with Crippen molar-refractivity contribution in [2.24, 2.45) is 5.41 Å². The van der Waals surface area contributed by atoms with Crippen molar-refractivity contribution >= 4 is 6.09 Å². The first kappa shape index (κ1) is 17.9. The molecule has 4 nitrogen and oxygen atoms in total. The van der Waals surface area contributed by atoms with E-state index in [-0.39, 0.29) is 23.2 Å². The molecule has 0 bridgehead atoms. The van der Waals surface area contributed by atoms with Gasteiger partial charge < -0.3 is 14.7 Å². The van der Waals surface area contributed by atoms with Crippen molar-refractivity contribution in [1.29, 1.82) is 0 Å². The standard InChI is InChI=1S/C21H21F2NO3/c22-16-5-1-14(2-6-16)19(15-3-7-17(23)8-4-15)27-18-11-21(12-18)9-10-24(13-21)20(25)26/h1-8,18-19H,9-13H2,(H,25,26). The number of ether oxygens (including phenoxy) is 1. The van der Waals surface area contributed by atoms with Gasteiger partial charge in [-0.2, -0.15) is 0 Å². The van der Waals surface area contributed by atoms with Gasteiger partial charge in [-0.05, 0) is 60.1 Å². The molecule has 2 aromatic carbocycles. The summed E-state index contributed by atoms with van der Waals surface area (Å²) in [6, 6.07) is 12.3. The second-order valence-electron chi connectivity index (χ2n) is 7.60. The third-order valence-corrected chi connectivity index (χ3v) is 5.70. The number of hydrogen-bond donors (Lipinski definition) is 1. The number of likely N-dealkylation sites (tertiary alicyclic amines) is 1. The van der Waals surface area contributed by atoms with Gasteiger partial charge >= 0.3 is 6.09 Å². The Morgan fingerprint density at radius 3 is 2.00 bits per heavy atom. The molecule has 142 valence electrons. The fourth-order valence-corrected chi connectivity index (χ4v) is 4.25. The molecule has 4 rings (SSSR count). The van der Waals surface area contributed by atoms with E-state index in [1.807, 2.05) is 0 Å². The third kappa shape index (κ3) is 3.67. The first-order valence-corrected chi connectivity index (χ1v) is 9.08. The zero-order valence-corrected chi connectivity index (χ0v) is 14.8. The summed E-state index contributed by atoms with van der Waals surface area (Å²) in [6.07, 6.45) is 1.18. The van der Waals surface area contributed by atoms with Crippen LogP contribution in [0.4, 0.5) is 13.6 Å². The van der Waals surface area contributed by atoms with Crippen LogP contribution in [0.15, 0.2) is 48.5 Å². The largest absolute Gasteiger partial charge is 0.465 e. The van der Waals surface area contributed by atoms with Crippen LogP contribution in [0.1, 0.15) is 36.5 Å². The van der Waals surface area contributed by atoms with Crippen molar-refractivity contribution in [3.05, 3.63) is 71.3 Å². The van der Waals surface area contributed by atoms with Crippen molar-refractivity contribution in [2.75, 3.05) is 13.1 Å². The summed E-state index contributed by atoms with van der Waals surface area (Å²) < 4.78 is 32.9. The lowest BCUT2D eigenvalue weighted by Gasteiger charge is -2.46. The molecule has 0 aromatic heterocycles. The van der Waals surface area contributed by atoms with E-state index in [0.717, 1.165) is 30.4 Å². The Morgan fingerprint density at radius 2 is 1.56 bits per heavy atom. The van der Waals surface area contributed by atoms with Crippen molar-refractivity contribution in [3.8, 4) is 0 Å². The minimum atomic E-state index is -0.869. The molecule has 2 aromatic rings. The predicted octanol–water partition coefficient (Wildman–Crippen LogP) is 4.60. The fraction of sp³-hybridized carbons (Fsp3) is 0.381. The van der Waals surface area contributed by atoms with E-state index in [2.05, 4.69) is 0 Å². The summed E-state index contributed by atoms with van der Waals surface area (Å²) in [7, 11) is 0. The van der Waals surface area contributed by atoms with E-state index in [1.54, 1.807) is 24.3 Å². The molecule has 0 unspecified atom stereocenters. The predicted molar refractivity (Wildman–Crippen MR) is 95.4 cm³/mol. The van der Waals surface area contributed by atoms with Gasteiger partial charge in [0.2, 0.25) is 0 Å². The van der Waals surface area contributed by atoms with Crippen molar-refractivity contribution in [1.82, 2.24) is 4.90 Å². The van der Waals surface area contributed by atoms with Crippen LogP contribution in [0.5, 0.6) is 0 Å². The van der Waals surface area contributed by atoms with E-state index < -0.39 is 12.2 Å². The first-order valence-electron chi connectivity index (χ1n) is 9.08. The Labute approximate surface area is 156 Å². The summed E-state index contributed by atoms with van der Waals surface area (Å²) in [5.74, 6) is -0.641. The van der Waals surface area contributed by atoms with E-state index >= 15 is 0 Å². The maximum atomic E-state index is 13.3. The van der Waals surface area contributed by atoms with Crippen LogP contribution < -0.4 is 0 Å². The van der Waals surface area contributed by atoms with Crippen LogP contribution in [0.3, 0.4) is 0 Å². The maximum Gasteiger partial charge on any atom is 0.407 e. The summed E-state index contributed by atoms with van der Waals surface area (Å²) in [5, 5.41) is 9.15. The molecule has 1 saturated carbocycles. The fourth-order valence-electron chi connectivity index (χ4n) is 4.25. The van der Waals surface area contributed by atoms with Crippen LogP contribution in [0.25, 0.3) is 0 Å². The normalized spacial score (nSPS) is 24.4. The highest BCUT2D eigenvalue weighted by molar-refractivity contribution is 5.65. The summed E-state index contributed by atoms with van der Waals surface area (Å²) >= 11 is 0. The molecule has 2 fully saturated rings. The Morgan fingerprint density at radius 1 is 1.04 bits per heavy atom. The molecule has 1 aliphatic carbocycles. The second kappa shape index (κ2) is 6.93. The summed E-state index contributed by atoms with van der Waals surface area (Å²) in [6.45, 7) is 1.13. The van der Waals surface area contributed by atoms with Crippen LogP contribution in [0.2, 0.25) is 0 Å². The minimum absolute atomic E-state index is 0.00106. The number of hydrogen-bond acceptors (Lipinski definition) is 2. The molecular weight excluding hydrogens is 352 g/mol. The molecule has 1 saturated heterocycles. The number of rotatable bonds is 4. The molecule has 1 heterocycles. The van der Waals surface area contributed by atoms with E-state index in [1.165, 1.54) is 29.2 Å². The molecule has 1 amide bonds. The van der Waals surface area contributed by atoms with Gasteiger partial charge in [0, 0.05) is 13.1 Å². The Bertz CT molecular complexity index is 771. The van der Waals surface area contributed by atoms with Crippen molar-refractivity contribution in [3.63, 3.8) is 0 Å². The van der Waals surface area contributed by atoms with Crippen LogP contribution in [0, 0.1) is 17.0 Å². The molecular formula is C21H21F2NO3. The van der Waals surface area contributed by atoms with Gasteiger partial charge in [0.1, 0.15) is 17.7 Å². The second-order valence-corrected chi connectivity index (χ2v) is 7.60. The van der Waals surface area contributed by atoms with Gasteiger partial charge in [-0.25, -0.2) is 13.6 Å². The molecule has 1 N–H and O–H groups in total. The third-order valence-electron chi connectivity index (χ3n) is 5.70. The van der Waals surface area contributed by atoms with Crippen LogP contribution >= 0.6 is 0 Å². The highest BCUT2D eigenvalue weighted by Gasteiger charge is 2.50. The van der Waals surface area contributed by atoms with E-state index in [0.29, 0.717) is 13.1 Å². The maximum absolute atomic E-state index is 13.3. The van der Waals surface area contributed by atoms with Gasteiger partial charge in [-0.1, -0.05) is 24.3 Å². The van der Waals surface area contributed by atoms with Crippen molar-refractivity contribution < 1.29 is 23.4 Å². The van der Waals surface area contributed by atoms with Gasteiger partial charge in [0.25, 0.3) is 0 Å². The first-order chi connectivity index (χ1) is 12.9. The molecule has 1 spiro atoms. The zero-order chi connectivity index (χ0) is 19.0. The molecule has 27 heavy (non-hydrogen) atoms. The Hall–Kier alpha value is -2.47. The lowest BCUT2D eigenvalue weighted by atomic mass is 9.66. The summed E-state index contributed by atoms with van der Waals surface area (Å²) in [5.41, 5.74) is 1.63. The number of halogens is 2. The van der Waals surface area contributed by atoms with Crippen LogP contribution in [-0.4, -0.2) is 35.3 Å². The number of carbonyl (C=O) groups is 1. The molecule has 0 atom stereocenters. The van der Waals surface area contributed by atoms with Gasteiger partial charge in [-0.3, -0.25) is 0 Å². The molecule has 2 aliphatic rings. The van der Waals surface area contributed by atoms with Gasteiger partial charge in [0.05, 0.1) is 6.10 Å². The smallest absolute Gasteiger partial charge is 0.407 e. The topological polar surface area (TPSA) is 49.8 Å². The highest BCUT2D eigenvalue weighted by Crippen LogP contribution is 2.51. The number of carboxylic acid groups (broad SMARTS) is 1. The van der Waals surface area contributed by atoms with Gasteiger partial charge in [-0.15, -0.1) is 0 Å². The molecule has 6 heteroatoms. The average Bonchev–Trinajstić information content (AvgIpc) is 3.07. The quantitative estimate of drug-likeness (QED) is 0.852. The number of amides is 1. The molecule has 1 aliphatic heterocycles. The number of nitrogens with zero attached hydrogens (tertiary/aromatic N) is 1. The van der Waals surface area contributed by atoms with Crippen LogP contribution in [-0.2, 0) is 4.74 Å². The zero-order valence-electron chi connectivity index (χ0n) is 14.8. The van der Waals surface area contributed by atoms with E-state index in [9.17, 15) is 13.6 Å². The minimum Gasteiger partial charge on any atom is -0.465 e. The average molecular weight is 373 g/mol. The van der Waals surface area contributed by atoms with Gasteiger partial charge in [0.15, 0.2) is 0 Å². The SMILES string of the molecule is O=C(O)N1CCC2(CC(OC(c3ccc(F)cc3)c3ccc(F)cc3)C2)C1. The number of benzene rings is 2. The monoisotopic (exact) mass is 373 g/mol. The Kier molecular flexibility index (Phi) is 4.60. The lowest BCUT2D eigenvalue weighted by molar-refractivity contribution is -0.0999. The highest BCUT2D eigenvalue weighted by atomic mass is 19.1. The van der Waals surface area contributed by atoms with E-state index in [4.69, 9.17) is 9.84 Å². The molecule has 0 radical (unpaired) electrons. The summed E-state index contributed by atoms with van der Waals surface area (Å²) in [4.78, 5) is 12.6. The van der Waals surface area contributed by atoms with Crippen molar-refractivity contribution in [2.45, 2.75) is 31.5 Å². The Balaban J connectivity index is 1.48. The lowest BCUT2D eigenvalue weighted by Crippen LogP contribution is -2.45.